The quantitative estimate of drug-likeness (QED) is 0.438. The number of benzene rings is 1. The van der Waals surface area contributed by atoms with Gasteiger partial charge in [0.1, 0.15) is 5.75 Å². The molecule has 7 heteroatoms. The third-order valence-corrected chi connectivity index (χ3v) is 4.26. The molecule has 0 fully saturated rings. The first kappa shape index (κ1) is 17.6. The van der Waals surface area contributed by atoms with Crippen molar-refractivity contribution in [1.82, 2.24) is 0 Å². The minimum absolute atomic E-state index is 0.0930. The number of carbonyl (C=O) groups is 1. The van der Waals surface area contributed by atoms with E-state index < -0.39 is 0 Å². The summed E-state index contributed by atoms with van der Waals surface area (Å²) in [6, 6.07) is 14.2. The number of hydrogen-bond acceptors (Lipinski definition) is 5. The minimum Gasteiger partial charge on any atom is -0.618 e. The van der Waals surface area contributed by atoms with Gasteiger partial charge in [-0.05, 0) is 30.0 Å². The van der Waals surface area contributed by atoms with E-state index in [1.54, 1.807) is 36.4 Å². The van der Waals surface area contributed by atoms with Gasteiger partial charge in [-0.1, -0.05) is 12.1 Å². The van der Waals surface area contributed by atoms with Gasteiger partial charge in [-0.15, -0.1) is 0 Å². The average molecular weight is 343 g/mol. The third-order valence-electron chi connectivity index (χ3n) is 3.26. The first-order valence-electron chi connectivity index (χ1n) is 7.28. The van der Waals surface area contributed by atoms with Crippen LogP contribution in [0.5, 0.6) is 5.75 Å². The molecule has 1 aromatic heterocycles. The molecule has 0 bridgehead atoms. The van der Waals surface area contributed by atoms with Crippen molar-refractivity contribution in [2.24, 2.45) is 0 Å². The van der Waals surface area contributed by atoms with Crippen LogP contribution < -0.4 is 14.4 Å². The Balaban J connectivity index is 2.16. The highest BCUT2D eigenvalue weighted by Crippen LogP contribution is 2.28. The van der Waals surface area contributed by atoms with Crippen molar-refractivity contribution in [3.8, 4) is 11.8 Å². The monoisotopic (exact) mass is 343 g/mol. The number of ether oxygens (including phenoxy) is 1. The summed E-state index contributed by atoms with van der Waals surface area (Å²) in [4.78, 5) is 14.2. The Morgan fingerprint density at radius 3 is 2.79 bits per heavy atom. The molecule has 2 aromatic rings. The summed E-state index contributed by atoms with van der Waals surface area (Å²) in [5.41, 5.74) is 0.615. The Labute approximate surface area is 144 Å². The highest BCUT2D eigenvalue weighted by molar-refractivity contribution is 7.99. The van der Waals surface area contributed by atoms with E-state index in [1.165, 1.54) is 18.2 Å². The SMILES string of the molecule is COc1ccccc1N(CCC#N)C(=O)CSc1cccc[n+]1[O-]. The number of carbonyl (C=O) groups excluding carboxylic acids is 1. The van der Waals surface area contributed by atoms with Crippen LogP contribution in [0.3, 0.4) is 0 Å². The number of methoxy groups -OCH3 is 1. The maximum absolute atomic E-state index is 12.6. The molecule has 1 heterocycles. The lowest BCUT2D eigenvalue weighted by molar-refractivity contribution is -0.645. The second-order valence-electron chi connectivity index (χ2n) is 4.78. The molecule has 2 rings (SSSR count). The lowest BCUT2D eigenvalue weighted by Gasteiger charge is -2.23. The zero-order valence-electron chi connectivity index (χ0n) is 13.2. The summed E-state index contributed by atoms with van der Waals surface area (Å²) in [6.45, 7) is 0.266. The van der Waals surface area contributed by atoms with Crippen LogP contribution in [0.25, 0.3) is 0 Å². The zero-order chi connectivity index (χ0) is 17.4. The molecule has 0 N–H and O–H groups in total. The molecule has 0 spiro atoms. The molecule has 0 unspecified atom stereocenters. The number of nitrogens with zero attached hydrogens (tertiary/aromatic N) is 3. The smallest absolute Gasteiger partial charge is 0.251 e. The molecule has 6 nitrogen and oxygen atoms in total. The molecule has 24 heavy (non-hydrogen) atoms. The first-order valence-corrected chi connectivity index (χ1v) is 8.27. The highest BCUT2D eigenvalue weighted by atomic mass is 32.2. The number of pyridine rings is 1. The van der Waals surface area contributed by atoms with Gasteiger partial charge in [0.05, 0.1) is 31.0 Å². The molecule has 0 atom stereocenters. The van der Waals surface area contributed by atoms with Crippen molar-refractivity contribution in [3.63, 3.8) is 0 Å². The van der Waals surface area contributed by atoms with E-state index in [4.69, 9.17) is 10.00 Å². The van der Waals surface area contributed by atoms with Crippen LogP contribution in [0.15, 0.2) is 53.7 Å². The zero-order valence-corrected chi connectivity index (χ0v) is 14.0. The number of nitriles is 1. The Hall–Kier alpha value is -2.72. The summed E-state index contributed by atoms with van der Waals surface area (Å²) in [5, 5.41) is 20.9. The van der Waals surface area contributed by atoms with Gasteiger partial charge in [-0.25, -0.2) is 0 Å². The van der Waals surface area contributed by atoms with E-state index >= 15 is 0 Å². The fraction of sp³-hybridized carbons (Fsp3) is 0.235. The summed E-state index contributed by atoms with van der Waals surface area (Å²) in [5.74, 6) is 0.464. The second kappa shape index (κ2) is 8.79. The maximum atomic E-state index is 12.6. The van der Waals surface area contributed by atoms with Gasteiger partial charge in [-0.2, -0.15) is 9.99 Å². The van der Waals surface area contributed by atoms with E-state index in [0.29, 0.717) is 16.5 Å². The van der Waals surface area contributed by atoms with Crippen molar-refractivity contribution in [2.45, 2.75) is 11.4 Å². The summed E-state index contributed by atoms with van der Waals surface area (Å²) in [6.07, 6.45) is 1.60. The molecule has 0 radical (unpaired) electrons. The molecule has 1 aromatic carbocycles. The predicted octanol–water partition coefficient (Wildman–Crippen LogP) is 2.37. The average Bonchev–Trinajstić information content (AvgIpc) is 2.61. The summed E-state index contributed by atoms with van der Waals surface area (Å²) < 4.78 is 6.02. The third kappa shape index (κ3) is 4.40. The largest absolute Gasteiger partial charge is 0.618 e. The fourth-order valence-corrected chi connectivity index (χ4v) is 2.92. The van der Waals surface area contributed by atoms with Crippen LogP contribution in [-0.4, -0.2) is 25.3 Å². The van der Waals surface area contributed by atoms with Gasteiger partial charge >= 0.3 is 0 Å². The van der Waals surface area contributed by atoms with Crippen molar-refractivity contribution in [1.29, 1.82) is 5.26 Å². The minimum atomic E-state index is -0.191. The van der Waals surface area contributed by atoms with Gasteiger partial charge in [0, 0.05) is 18.7 Å². The summed E-state index contributed by atoms with van der Waals surface area (Å²) in [7, 11) is 1.53. The highest BCUT2D eigenvalue weighted by Gasteiger charge is 2.20. The Morgan fingerprint density at radius 1 is 1.33 bits per heavy atom. The molecular weight excluding hydrogens is 326 g/mol. The van der Waals surface area contributed by atoms with Crippen molar-refractivity contribution in [3.05, 3.63) is 53.9 Å². The van der Waals surface area contributed by atoms with E-state index in [-0.39, 0.29) is 24.6 Å². The van der Waals surface area contributed by atoms with Gasteiger partial charge < -0.3 is 14.8 Å². The maximum Gasteiger partial charge on any atom is 0.251 e. The second-order valence-corrected chi connectivity index (χ2v) is 5.77. The number of thioether (sulfide) groups is 1. The molecule has 0 aliphatic heterocycles. The number of anilines is 1. The molecular formula is C17H17N3O3S. The van der Waals surface area contributed by atoms with Crippen LogP contribution in [0, 0.1) is 16.5 Å². The van der Waals surface area contributed by atoms with Crippen LogP contribution in [0.4, 0.5) is 5.69 Å². The Kier molecular flexibility index (Phi) is 6.46. The van der Waals surface area contributed by atoms with E-state index in [9.17, 15) is 10.0 Å². The predicted molar refractivity (Wildman–Crippen MR) is 91.7 cm³/mol. The van der Waals surface area contributed by atoms with Crippen molar-refractivity contribution < 1.29 is 14.3 Å². The van der Waals surface area contributed by atoms with E-state index in [0.717, 1.165) is 16.5 Å². The van der Waals surface area contributed by atoms with Crippen LogP contribution in [0.2, 0.25) is 0 Å². The molecule has 0 aliphatic rings. The van der Waals surface area contributed by atoms with Gasteiger partial charge in [0.15, 0.2) is 6.20 Å². The lowest BCUT2D eigenvalue weighted by atomic mass is 10.2. The summed E-state index contributed by atoms with van der Waals surface area (Å²) >= 11 is 1.16. The van der Waals surface area contributed by atoms with E-state index in [1.807, 2.05) is 12.1 Å². The van der Waals surface area contributed by atoms with Crippen molar-refractivity contribution in [2.75, 3.05) is 24.3 Å². The topological polar surface area (TPSA) is 80.3 Å². The number of hydrogen-bond donors (Lipinski definition) is 0. The van der Waals surface area contributed by atoms with Gasteiger partial charge in [-0.3, -0.25) is 4.79 Å². The first-order chi connectivity index (χ1) is 11.7. The molecule has 1 amide bonds. The molecule has 0 aliphatic carbocycles. The Morgan fingerprint density at radius 2 is 2.08 bits per heavy atom. The Bertz CT molecular complexity index is 746. The van der Waals surface area contributed by atoms with Crippen LogP contribution >= 0.6 is 11.8 Å². The molecule has 124 valence electrons. The number of amides is 1. The standard InChI is InChI=1S/C17H17N3O3S/c1-23-15-8-3-2-7-14(15)19(11-6-10-18)16(21)13-24-17-9-4-5-12-20(17)22/h2-5,7-9,12H,6,11,13H2,1H3. The van der Waals surface area contributed by atoms with Crippen molar-refractivity contribution >= 4 is 23.4 Å². The van der Waals surface area contributed by atoms with Crippen LogP contribution in [-0.2, 0) is 4.79 Å². The van der Waals surface area contributed by atoms with Crippen LogP contribution in [0.1, 0.15) is 6.42 Å². The molecule has 0 saturated heterocycles. The normalized spacial score (nSPS) is 10.0. The number of rotatable bonds is 7. The molecule has 0 saturated carbocycles. The van der Waals surface area contributed by atoms with E-state index in [2.05, 4.69) is 0 Å². The lowest BCUT2D eigenvalue weighted by Crippen LogP contribution is -2.34. The number of para-hydroxylation sites is 2. The van der Waals surface area contributed by atoms with Gasteiger partial charge in [0.2, 0.25) is 5.91 Å². The fourth-order valence-electron chi connectivity index (χ4n) is 2.13. The van der Waals surface area contributed by atoms with Gasteiger partial charge in [0.25, 0.3) is 5.03 Å². The number of aromatic nitrogens is 1.